The number of allylic oxidation sites excluding steroid dienone is 3. The van der Waals surface area contributed by atoms with Gasteiger partial charge in [-0.25, -0.2) is 0 Å². The summed E-state index contributed by atoms with van der Waals surface area (Å²) in [6, 6.07) is 2.02. The van der Waals surface area contributed by atoms with Gasteiger partial charge in [-0.3, -0.25) is 4.79 Å². The van der Waals surface area contributed by atoms with E-state index in [0.717, 1.165) is 19.3 Å². The van der Waals surface area contributed by atoms with Crippen molar-refractivity contribution in [2.75, 3.05) is 0 Å². The molecule has 1 amide bonds. The molecule has 1 atom stereocenters. The Hall–Kier alpha value is -1.84. The van der Waals surface area contributed by atoms with Crippen LogP contribution < -0.4 is 5.32 Å². The molecule has 1 aromatic rings. The van der Waals surface area contributed by atoms with E-state index in [9.17, 15) is 4.79 Å². The van der Waals surface area contributed by atoms with E-state index >= 15 is 0 Å². The van der Waals surface area contributed by atoms with E-state index in [-0.39, 0.29) is 17.4 Å². The van der Waals surface area contributed by atoms with E-state index in [1.807, 2.05) is 6.08 Å². The van der Waals surface area contributed by atoms with Gasteiger partial charge in [-0.05, 0) is 44.1 Å². The quantitative estimate of drug-likeness (QED) is 0.771. The molecule has 0 spiro atoms. The summed E-state index contributed by atoms with van der Waals surface area (Å²) in [5, 5.41) is 7.03. The van der Waals surface area contributed by atoms with Gasteiger partial charge in [0.1, 0.15) is 0 Å². The Morgan fingerprint density at radius 1 is 1.32 bits per heavy atom. The van der Waals surface area contributed by atoms with E-state index in [1.54, 1.807) is 6.07 Å². The molecule has 136 valence electrons. The normalized spacial score (nSPS) is 24.3. The number of rotatable bonds is 4. The van der Waals surface area contributed by atoms with E-state index < -0.39 is 0 Å². The molecule has 2 aliphatic rings. The zero-order chi connectivity index (χ0) is 17.9. The van der Waals surface area contributed by atoms with Crippen molar-refractivity contribution in [2.45, 2.75) is 71.8 Å². The second-order valence-corrected chi connectivity index (χ2v) is 8.24. The van der Waals surface area contributed by atoms with Gasteiger partial charge in [0.25, 0.3) is 5.91 Å². The first-order chi connectivity index (χ1) is 12.0. The number of nitrogens with zero attached hydrogens (tertiary/aromatic N) is 1. The van der Waals surface area contributed by atoms with Crippen molar-refractivity contribution in [3.63, 3.8) is 0 Å². The minimum Gasteiger partial charge on any atom is -0.356 e. The average Bonchev–Trinajstić information content (AvgIpc) is 3.04. The van der Waals surface area contributed by atoms with Gasteiger partial charge in [0.15, 0.2) is 11.5 Å². The highest BCUT2D eigenvalue weighted by atomic mass is 16.5. The van der Waals surface area contributed by atoms with Crippen molar-refractivity contribution in [1.82, 2.24) is 10.5 Å². The van der Waals surface area contributed by atoms with E-state index in [2.05, 4.69) is 43.4 Å². The summed E-state index contributed by atoms with van der Waals surface area (Å²) in [6.45, 7) is 6.81. The number of hydrogen-bond acceptors (Lipinski definition) is 3. The highest BCUT2D eigenvalue weighted by molar-refractivity contribution is 5.92. The van der Waals surface area contributed by atoms with Crippen LogP contribution in [0.3, 0.4) is 0 Å². The summed E-state index contributed by atoms with van der Waals surface area (Å²) in [5.41, 5.74) is 2.03. The van der Waals surface area contributed by atoms with Crippen LogP contribution in [0, 0.1) is 11.3 Å². The second-order valence-electron chi connectivity index (χ2n) is 8.24. The number of aromatic nitrogens is 1. The first kappa shape index (κ1) is 18.0. The summed E-state index contributed by atoms with van der Waals surface area (Å²) in [4.78, 5) is 12.3. The van der Waals surface area contributed by atoms with Gasteiger partial charge >= 0.3 is 0 Å². The molecule has 1 heterocycles. The molecular weight excluding hydrogens is 312 g/mol. The van der Waals surface area contributed by atoms with Crippen molar-refractivity contribution >= 4 is 12.0 Å². The summed E-state index contributed by atoms with van der Waals surface area (Å²) in [5.74, 6) is 0.915. The Kier molecular flexibility index (Phi) is 5.45. The van der Waals surface area contributed by atoms with Crippen molar-refractivity contribution in [3.05, 3.63) is 35.2 Å². The van der Waals surface area contributed by atoms with Crippen LogP contribution in [0.25, 0.3) is 6.08 Å². The van der Waals surface area contributed by atoms with Crippen LogP contribution in [0.2, 0.25) is 0 Å². The number of amides is 1. The minimum absolute atomic E-state index is 0.121. The smallest absolute Gasteiger partial charge is 0.273 e. The first-order valence-electron chi connectivity index (χ1n) is 9.58. The van der Waals surface area contributed by atoms with Crippen LogP contribution in [-0.2, 0) is 0 Å². The maximum Gasteiger partial charge on any atom is 0.273 e. The van der Waals surface area contributed by atoms with E-state index in [1.165, 1.54) is 31.3 Å². The molecule has 4 heteroatoms. The molecule has 1 fully saturated rings. The maximum absolute atomic E-state index is 12.3. The Balaban J connectivity index is 1.63. The lowest BCUT2D eigenvalue weighted by Crippen LogP contribution is -2.36. The van der Waals surface area contributed by atoms with Crippen LogP contribution in [0.5, 0.6) is 0 Å². The third kappa shape index (κ3) is 4.42. The predicted octanol–water partition coefficient (Wildman–Crippen LogP) is 5.13. The SMILES string of the molecule is CC1=CCCC(C)(C)C1/C=C/c1cc(C(=O)NC2CCCCC2)no1. The third-order valence-electron chi connectivity index (χ3n) is 5.74. The molecule has 25 heavy (non-hydrogen) atoms. The van der Waals surface area contributed by atoms with Crippen LogP contribution >= 0.6 is 0 Å². The maximum atomic E-state index is 12.3. The molecule has 4 nitrogen and oxygen atoms in total. The summed E-state index contributed by atoms with van der Waals surface area (Å²) in [6.07, 6.45) is 14.6. The molecule has 1 unspecified atom stereocenters. The molecule has 1 aromatic heterocycles. The van der Waals surface area contributed by atoms with Crippen molar-refractivity contribution < 1.29 is 9.32 Å². The second kappa shape index (κ2) is 7.59. The highest BCUT2D eigenvalue weighted by Gasteiger charge is 2.30. The standard InChI is InChI=1S/C21H30N2O2/c1-15-8-7-13-21(2,3)18(15)12-11-17-14-19(23-25-17)20(24)22-16-9-5-4-6-10-16/h8,11-12,14,16,18H,4-7,9-10,13H2,1-3H3,(H,22,24)/b12-11+. The Morgan fingerprint density at radius 3 is 2.80 bits per heavy atom. The number of nitrogens with one attached hydrogen (secondary N) is 1. The lowest BCUT2D eigenvalue weighted by Gasteiger charge is -2.36. The topological polar surface area (TPSA) is 55.1 Å². The van der Waals surface area contributed by atoms with Crippen molar-refractivity contribution in [3.8, 4) is 0 Å². The van der Waals surface area contributed by atoms with Gasteiger partial charge in [-0.2, -0.15) is 0 Å². The van der Waals surface area contributed by atoms with Gasteiger partial charge in [0.05, 0.1) is 0 Å². The van der Waals surface area contributed by atoms with Gasteiger partial charge in [-0.1, -0.05) is 56.0 Å². The summed E-state index contributed by atoms with van der Waals surface area (Å²) in [7, 11) is 0. The Labute approximate surface area is 150 Å². The lowest BCUT2D eigenvalue weighted by molar-refractivity contribution is 0.0918. The van der Waals surface area contributed by atoms with E-state index in [4.69, 9.17) is 4.52 Å². The molecule has 0 radical (unpaired) electrons. The molecule has 1 N–H and O–H groups in total. The van der Waals surface area contributed by atoms with E-state index in [0.29, 0.717) is 17.4 Å². The van der Waals surface area contributed by atoms with Gasteiger partial charge in [0.2, 0.25) is 0 Å². The minimum atomic E-state index is -0.121. The zero-order valence-corrected chi connectivity index (χ0v) is 15.7. The number of carbonyl (C=O) groups is 1. The van der Waals surface area contributed by atoms with Crippen LogP contribution in [0.4, 0.5) is 0 Å². The summed E-state index contributed by atoms with van der Waals surface area (Å²) >= 11 is 0. The molecule has 2 aliphatic carbocycles. The fraction of sp³-hybridized carbons (Fsp3) is 0.619. The fourth-order valence-electron chi connectivity index (χ4n) is 4.16. The Bertz CT molecular complexity index is 663. The number of hydrogen-bond donors (Lipinski definition) is 1. The molecule has 3 rings (SSSR count). The van der Waals surface area contributed by atoms with Crippen LogP contribution in [0.1, 0.15) is 82.0 Å². The van der Waals surface area contributed by atoms with Gasteiger partial charge in [-0.15, -0.1) is 0 Å². The first-order valence-corrected chi connectivity index (χ1v) is 9.58. The molecule has 0 bridgehead atoms. The van der Waals surface area contributed by atoms with Crippen LogP contribution in [0.15, 0.2) is 28.3 Å². The van der Waals surface area contributed by atoms with Crippen LogP contribution in [-0.4, -0.2) is 17.1 Å². The predicted molar refractivity (Wildman–Crippen MR) is 100 cm³/mol. The van der Waals surface area contributed by atoms with Gasteiger partial charge < -0.3 is 9.84 Å². The zero-order valence-electron chi connectivity index (χ0n) is 15.7. The van der Waals surface area contributed by atoms with Gasteiger partial charge in [0, 0.05) is 18.0 Å². The molecular formula is C21H30N2O2. The highest BCUT2D eigenvalue weighted by Crippen LogP contribution is 2.41. The largest absolute Gasteiger partial charge is 0.356 e. The fourth-order valence-corrected chi connectivity index (χ4v) is 4.16. The number of carbonyl (C=O) groups excluding carboxylic acids is 1. The average molecular weight is 342 g/mol. The lowest BCUT2D eigenvalue weighted by atomic mass is 9.68. The third-order valence-corrected chi connectivity index (χ3v) is 5.74. The molecule has 0 aliphatic heterocycles. The molecule has 0 aromatic carbocycles. The van der Waals surface area contributed by atoms with Crippen molar-refractivity contribution in [1.29, 1.82) is 0 Å². The van der Waals surface area contributed by atoms with Crippen molar-refractivity contribution in [2.24, 2.45) is 11.3 Å². The monoisotopic (exact) mass is 342 g/mol. The molecule has 1 saturated carbocycles. The summed E-state index contributed by atoms with van der Waals surface area (Å²) < 4.78 is 5.35. The Morgan fingerprint density at radius 2 is 2.08 bits per heavy atom. The molecule has 0 saturated heterocycles.